The van der Waals surface area contributed by atoms with Gasteiger partial charge in [-0.1, -0.05) is 24.3 Å². The zero-order valence-electron chi connectivity index (χ0n) is 20.6. The van der Waals surface area contributed by atoms with Crippen LogP contribution in [0.3, 0.4) is 0 Å². The number of hydrogen-bond donors (Lipinski definition) is 3. The van der Waals surface area contributed by atoms with Gasteiger partial charge in [-0.25, -0.2) is 24.1 Å². The molecule has 3 N–H and O–H groups in total. The molecule has 202 valence electrons. The van der Waals surface area contributed by atoms with Crippen molar-refractivity contribution in [2.45, 2.75) is 6.18 Å². The number of aromatic nitrogens is 4. The lowest BCUT2D eigenvalue weighted by Crippen LogP contribution is -2.20. The molecule has 0 aliphatic heterocycles. The molecule has 0 atom stereocenters. The number of alkyl halides is 3. The number of nitrogens with one attached hydrogen (secondary N) is 3. The summed E-state index contributed by atoms with van der Waals surface area (Å²) in [4.78, 5) is 29.5. The van der Waals surface area contributed by atoms with Crippen molar-refractivity contribution in [2.75, 3.05) is 23.0 Å². The zero-order valence-corrected chi connectivity index (χ0v) is 20.6. The van der Waals surface area contributed by atoms with Crippen molar-refractivity contribution in [1.29, 1.82) is 0 Å². The van der Waals surface area contributed by atoms with Crippen molar-refractivity contribution < 1.29 is 27.1 Å². The van der Waals surface area contributed by atoms with Gasteiger partial charge in [0, 0.05) is 30.4 Å². The minimum atomic E-state index is -4.70. The third kappa shape index (κ3) is 5.72. The third-order valence-electron chi connectivity index (χ3n) is 5.64. The van der Waals surface area contributed by atoms with E-state index in [1.807, 2.05) is 0 Å². The van der Waals surface area contributed by atoms with E-state index in [2.05, 4.69) is 35.9 Å². The molecule has 9 nitrogen and oxygen atoms in total. The van der Waals surface area contributed by atoms with Gasteiger partial charge in [-0.15, -0.1) is 0 Å². The van der Waals surface area contributed by atoms with Crippen LogP contribution in [0.5, 0.6) is 11.6 Å². The van der Waals surface area contributed by atoms with Gasteiger partial charge >= 0.3 is 12.2 Å². The molecule has 0 radical (unpaired) electrons. The van der Waals surface area contributed by atoms with Gasteiger partial charge in [-0.05, 0) is 41.8 Å². The molecule has 13 heteroatoms. The van der Waals surface area contributed by atoms with E-state index >= 15 is 0 Å². The Labute approximate surface area is 224 Å². The molecular formula is C27H19F4N7O2. The maximum atomic E-state index is 14.1. The topological polar surface area (TPSA) is 114 Å². The normalized spacial score (nSPS) is 11.2. The SMILES string of the molecule is CNc1ncnc(-c2cccnc2Oc2cc(NC(=O)Nc3cc(C(F)(F)F)ccc3F)cc3ccccc23)n1. The fraction of sp³-hybridized carbons (Fsp3) is 0.0741. The predicted octanol–water partition coefficient (Wildman–Crippen LogP) is 6.72. The van der Waals surface area contributed by atoms with Gasteiger partial charge < -0.3 is 20.7 Å². The number of pyridine rings is 1. The first kappa shape index (κ1) is 26.3. The fourth-order valence-corrected chi connectivity index (χ4v) is 3.81. The molecule has 40 heavy (non-hydrogen) atoms. The highest BCUT2D eigenvalue weighted by molar-refractivity contribution is 6.02. The molecule has 5 aromatic rings. The van der Waals surface area contributed by atoms with Gasteiger partial charge in [0.1, 0.15) is 17.9 Å². The summed E-state index contributed by atoms with van der Waals surface area (Å²) >= 11 is 0. The van der Waals surface area contributed by atoms with Gasteiger partial charge in [-0.3, -0.25) is 0 Å². The monoisotopic (exact) mass is 549 g/mol. The van der Waals surface area contributed by atoms with E-state index in [9.17, 15) is 22.4 Å². The summed E-state index contributed by atoms with van der Waals surface area (Å²) in [5.74, 6) is 0.117. The average Bonchev–Trinajstić information content (AvgIpc) is 2.94. The first-order valence-corrected chi connectivity index (χ1v) is 11.7. The molecule has 0 bridgehead atoms. The third-order valence-corrected chi connectivity index (χ3v) is 5.64. The van der Waals surface area contributed by atoms with E-state index in [0.29, 0.717) is 52.1 Å². The van der Waals surface area contributed by atoms with Gasteiger partial charge in [0.2, 0.25) is 11.8 Å². The Bertz CT molecular complexity index is 1710. The van der Waals surface area contributed by atoms with Crippen LogP contribution in [-0.4, -0.2) is 33.0 Å². The summed E-state index contributed by atoms with van der Waals surface area (Å²) in [7, 11) is 1.67. The summed E-state index contributed by atoms with van der Waals surface area (Å²) in [6.07, 6.45) is -1.83. The number of benzene rings is 3. The predicted molar refractivity (Wildman–Crippen MR) is 141 cm³/mol. The van der Waals surface area contributed by atoms with Crippen LogP contribution in [0.1, 0.15) is 5.56 Å². The summed E-state index contributed by atoms with van der Waals surface area (Å²) < 4.78 is 59.5. The quantitative estimate of drug-likeness (QED) is 0.201. The molecule has 0 aliphatic rings. The van der Waals surface area contributed by atoms with E-state index in [-0.39, 0.29) is 11.6 Å². The van der Waals surface area contributed by atoms with Gasteiger partial charge in [0.05, 0.1) is 16.8 Å². The highest BCUT2D eigenvalue weighted by atomic mass is 19.4. The molecule has 0 saturated heterocycles. The fourth-order valence-electron chi connectivity index (χ4n) is 3.81. The maximum Gasteiger partial charge on any atom is 0.416 e. The second-order valence-corrected chi connectivity index (χ2v) is 8.31. The lowest BCUT2D eigenvalue weighted by atomic mass is 10.1. The summed E-state index contributed by atoms with van der Waals surface area (Å²) in [5.41, 5.74) is -1.02. The summed E-state index contributed by atoms with van der Waals surface area (Å²) in [5, 5.41) is 8.84. The first-order chi connectivity index (χ1) is 19.2. The number of nitrogens with zero attached hydrogens (tertiary/aromatic N) is 4. The lowest BCUT2D eigenvalue weighted by molar-refractivity contribution is -0.137. The number of ether oxygens (including phenoxy) is 1. The van der Waals surface area contributed by atoms with Crippen LogP contribution in [0.2, 0.25) is 0 Å². The zero-order chi connectivity index (χ0) is 28.3. The van der Waals surface area contributed by atoms with E-state index in [0.717, 1.165) is 0 Å². The Morgan fingerprint density at radius 2 is 1.75 bits per heavy atom. The smallest absolute Gasteiger partial charge is 0.416 e. The number of halogens is 4. The Hall–Kier alpha value is -5.33. The number of amides is 2. The van der Waals surface area contributed by atoms with Crippen LogP contribution in [0, 0.1) is 5.82 Å². The highest BCUT2D eigenvalue weighted by Gasteiger charge is 2.31. The molecular weight excluding hydrogens is 530 g/mol. The van der Waals surface area contributed by atoms with Crippen molar-refractivity contribution in [3.05, 3.63) is 90.6 Å². The Balaban J connectivity index is 1.46. The maximum absolute atomic E-state index is 14.1. The number of anilines is 3. The standard InChI is InChI=1S/C27H19F4N7O2/c1-32-25-35-14-34-23(38-25)19-7-4-10-33-24(19)40-22-13-17(11-15-5-2-3-6-18(15)22)36-26(39)37-21-12-16(27(29,30)31)8-9-20(21)28/h2-14H,1H3,(H2,36,37,39)(H,32,34,35,38). The van der Waals surface area contributed by atoms with Crippen LogP contribution in [0.25, 0.3) is 22.2 Å². The van der Waals surface area contributed by atoms with Crippen LogP contribution in [0.15, 0.2) is 79.3 Å². The molecule has 0 saturated carbocycles. The van der Waals surface area contributed by atoms with Gasteiger partial charge in [-0.2, -0.15) is 18.2 Å². The van der Waals surface area contributed by atoms with E-state index < -0.39 is 29.3 Å². The highest BCUT2D eigenvalue weighted by Crippen LogP contribution is 2.36. The molecule has 0 unspecified atom stereocenters. The van der Waals surface area contributed by atoms with Crippen molar-refractivity contribution in [3.63, 3.8) is 0 Å². The molecule has 3 aromatic carbocycles. The minimum Gasteiger partial charge on any atom is -0.438 e. The van der Waals surface area contributed by atoms with Crippen molar-refractivity contribution in [1.82, 2.24) is 19.9 Å². The van der Waals surface area contributed by atoms with E-state index in [1.54, 1.807) is 49.5 Å². The molecule has 5 rings (SSSR count). The molecule has 0 fully saturated rings. The second-order valence-electron chi connectivity index (χ2n) is 8.31. The molecule has 2 amide bonds. The molecule has 2 aromatic heterocycles. The second kappa shape index (κ2) is 10.8. The van der Waals surface area contributed by atoms with E-state index in [1.165, 1.54) is 18.6 Å². The van der Waals surface area contributed by atoms with Crippen LogP contribution in [0.4, 0.5) is 39.7 Å². The molecule has 2 heterocycles. The number of hydrogen-bond acceptors (Lipinski definition) is 7. The van der Waals surface area contributed by atoms with Crippen LogP contribution >= 0.6 is 0 Å². The first-order valence-electron chi connectivity index (χ1n) is 11.7. The Morgan fingerprint density at radius 3 is 2.55 bits per heavy atom. The van der Waals surface area contributed by atoms with E-state index in [4.69, 9.17) is 4.74 Å². The van der Waals surface area contributed by atoms with Crippen LogP contribution < -0.4 is 20.7 Å². The number of carbonyl (C=O) groups is 1. The number of rotatable bonds is 6. The minimum absolute atomic E-state index is 0.175. The largest absolute Gasteiger partial charge is 0.438 e. The van der Waals surface area contributed by atoms with Crippen LogP contribution in [-0.2, 0) is 6.18 Å². The number of fused-ring (bicyclic) bond motifs is 1. The molecule has 0 spiro atoms. The lowest BCUT2D eigenvalue weighted by Gasteiger charge is -2.15. The summed E-state index contributed by atoms with van der Waals surface area (Å²) in [6, 6.07) is 14.5. The summed E-state index contributed by atoms with van der Waals surface area (Å²) in [6.45, 7) is 0. The number of carbonyl (C=O) groups excluding carboxylic acids is 1. The van der Waals surface area contributed by atoms with Gasteiger partial charge in [0.15, 0.2) is 5.82 Å². The Morgan fingerprint density at radius 1 is 0.925 bits per heavy atom. The van der Waals surface area contributed by atoms with Crippen molar-refractivity contribution in [3.8, 4) is 23.0 Å². The van der Waals surface area contributed by atoms with Gasteiger partial charge in [0.25, 0.3) is 0 Å². The molecule has 0 aliphatic carbocycles. The average molecular weight is 549 g/mol. The van der Waals surface area contributed by atoms with Crippen molar-refractivity contribution in [2.24, 2.45) is 0 Å². The Kier molecular flexibility index (Phi) is 7.10. The number of urea groups is 1. The van der Waals surface area contributed by atoms with Crippen molar-refractivity contribution >= 4 is 34.1 Å².